The Balaban J connectivity index is 1.52. The molecule has 1 aliphatic rings. The van der Waals surface area contributed by atoms with Crippen molar-refractivity contribution in [3.8, 4) is 11.1 Å². The summed E-state index contributed by atoms with van der Waals surface area (Å²) in [7, 11) is 1.29. The molecule has 1 atom stereocenters. The number of benzene rings is 1. The van der Waals surface area contributed by atoms with Crippen molar-refractivity contribution in [3.63, 3.8) is 0 Å². The largest absolute Gasteiger partial charge is 0.464 e. The molecule has 1 aliphatic heterocycles. The lowest BCUT2D eigenvalue weighted by molar-refractivity contribution is -0.132. The molecule has 3 aromatic heterocycles. The van der Waals surface area contributed by atoms with Crippen molar-refractivity contribution >= 4 is 22.8 Å². The molecule has 1 fully saturated rings. The fourth-order valence-corrected chi connectivity index (χ4v) is 5.17. The van der Waals surface area contributed by atoms with Gasteiger partial charge in [0.25, 0.3) is 0 Å². The van der Waals surface area contributed by atoms with Crippen LogP contribution in [0.1, 0.15) is 53.7 Å². The summed E-state index contributed by atoms with van der Waals surface area (Å²) in [5.41, 5.74) is 3.74. The van der Waals surface area contributed by atoms with Gasteiger partial charge in [-0.15, -0.1) is 5.10 Å². The predicted molar refractivity (Wildman–Crippen MR) is 135 cm³/mol. The number of carbonyl (C=O) groups excluding carboxylic acids is 2. The number of hydrogen-bond acceptors (Lipinski definition) is 6. The summed E-state index contributed by atoms with van der Waals surface area (Å²) in [4.78, 5) is 34.3. The Bertz CT molecular complexity index is 1430. The van der Waals surface area contributed by atoms with Gasteiger partial charge in [-0.25, -0.2) is 9.18 Å². The van der Waals surface area contributed by atoms with Crippen molar-refractivity contribution in [2.24, 2.45) is 0 Å². The van der Waals surface area contributed by atoms with E-state index in [1.165, 1.54) is 7.11 Å². The van der Waals surface area contributed by atoms with Crippen LogP contribution >= 0.6 is 0 Å². The highest BCUT2D eigenvalue weighted by molar-refractivity contribution is 6.02. The molecule has 0 spiro atoms. The standard InChI is InChI=1S/C27H29FN6O3/c1-3-17-6-8-29-15-22(17)20-13-19(25(28)26-21(20)14-23(31-26)27(36)37-2)18-5-4-10-33(16-18)24(35)7-11-34-12-9-30-32-34/h6,8-9,12-15,18,31H,3-5,7,10-11,16H2,1-2H3/t18-/m0/s1. The Morgan fingerprint density at radius 2 is 2.11 bits per heavy atom. The minimum absolute atomic E-state index is 0.00953. The number of piperidine rings is 1. The van der Waals surface area contributed by atoms with Crippen molar-refractivity contribution in [2.75, 3.05) is 20.2 Å². The van der Waals surface area contributed by atoms with E-state index in [4.69, 9.17) is 4.74 Å². The molecule has 37 heavy (non-hydrogen) atoms. The van der Waals surface area contributed by atoms with Crippen LogP contribution in [0, 0.1) is 5.82 Å². The highest BCUT2D eigenvalue weighted by Crippen LogP contribution is 2.39. The summed E-state index contributed by atoms with van der Waals surface area (Å²) < 4.78 is 22.6. The first-order chi connectivity index (χ1) is 18.0. The van der Waals surface area contributed by atoms with Gasteiger partial charge in [0.1, 0.15) is 5.69 Å². The lowest BCUT2D eigenvalue weighted by Gasteiger charge is -2.33. The number of nitrogens with zero attached hydrogens (tertiary/aromatic N) is 5. The van der Waals surface area contributed by atoms with Crippen LogP contribution in [-0.4, -0.2) is 61.9 Å². The summed E-state index contributed by atoms with van der Waals surface area (Å²) in [5.74, 6) is -1.14. The van der Waals surface area contributed by atoms with Gasteiger partial charge in [-0.05, 0) is 54.2 Å². The quantitative estimate of drug-likeness (QED) is 0.380. The minimum Gasteiger partial charge on any atom is -0.464 e. The van der Waals surface area contributed by atoms with Crippen LogP contribution in [0.3, 0.4) is 0 Å². The molecular weight excluding hydrogens is 475 g/mol. The van der Waals surface area contributed by atoms with Gasteiger partial charge in [-0.2, -0.15) is 0 Å². The molecule has 9 nitrogen and oxygen atoms in total. The molecule has 0 bridgehead atoms. The summed E-state index contributed by atoms with van der Waals surface area (Å²) in [6.45, 7) is 3.57. The van der Waals surface area contributed by atoms with E-state index < -0.39 is 11.8 Å². The van der Waals surface area contributed by atoms with Crippen LogP contribution in [0.25, 0.3) is 22.0 Å². The van der Waals surface area contributed by atoms with Crippen LogP contribution in [0.5, 0.6) is 0 Å². The molecule has 0 unspecified atom stereocenters. The number of rotatable bonds is 7. The van der Waals surface area contributed by atoms with Gasteiger partial charge in [0.2, 0.25) is 5.91 Å². The number of pyridine rings is 1. The number of amides is 1. The van der Waals surface area contributed by atoms with Crippen molar-refractivity contribution in [2.45, 2.75) is 45.1 Å². The van der Waals surface area contributed by atoms with Gasteiger partial charge in [0, 0.05) is 55.0 Å². The third-order valence-corrected chi connectivity index (χ3v) is 7.11. The number of fused-ring (bicyclic) bond motifs is 1. The second-order valence-corrected chi connectivity index (χ2v) is 9.27. The molecule has 4 heterocycles. The Morgan fingerprint density at radius 1 is 1.24 bits per heavy atom. The van der Waals surface area contributed by atoms with Gasteiger partial charge >= 0.3 is 5.97 Å². The smallest absolute Gasteiger partial charge is 0.354 e. The minimum atomic E-state index is -0.563. The summed E-state index contributed by atoms with van der Waals surface area (Å²) >= 11 is 0. The summed E-state index contributed by atoms with van der Waals surface area (Å²) in [5, 5.41) is 8.28. The van der Waals surface area contributed by atoms with E-state index in [0.29, 0.717) is 37.0 Å². The van der Waals surface area contributed by atoms with Crippen molar-refractivity contribution < 1.29 is 18.7 Å². The molecule has 192 valence electrons. The van der Waals surface area contributed by atoms with Crippen LogP contribution < -0.4 is 0 Å². The molecule has 1 saturated heterocycles. The summed E-state index contributed by atoms with van der Waals surface area (Å²) in [6.07, 6.45) is 9.43. The fraction of sp³-hybridized carbons (Fsp3) is 0.370. The molecule has 5 rings (SSSR count). The molecule has 4 aromatic rings. The zero-order valence-electron chi connectivity index (χ0n) is 20.9. The molecular formula is C27H29FN6O3. The van der Waals surface area contributed by atoms with Crippen LogP contribution in [0.2, 0.25) is 0 Å². The van der Waals surface area contributed by atoms with Crippen molar-refractivity contribution in [3.05, 3.63) is 65.6 Å². The number of aromatic nitrogens is 5. The number of likely N-dealkylation sites (tertiary alicyclic amines) is 1. The van der Waals surface area contributed by atoms with Gasteiger partial charge < -0.3 is 14.6 Å². The second-order valence-electron chi connectivity index (χ2n) is 9.27. The predicted octanol–water partition coefficient (Wildman–Crippen LogP) is 4.11. The first-order valence-electron chi connectivity index (χ1n) is 12.5. The first kappa shape index (κ1) is 24.6. The van der Waals surface area contributed by atoms with E-state index in [2.05, 4.69) is 27.2 Å². The first-order valence-corrected chi connectivity index (χ1v) is 12.5. The van der Waals surface area contributed by atoms with Gasteiger partial charge in [0.15, 0.2) is 5.82 Å². The SMILES string of the molecule is CCc1ccncc1-c1cc([C@H]2CCCN(C(=O)CCn3ccnn3)C2)c(F)c2[nH]c(C(=O)OC)cc12. The average Bonchev–Trinajstić information content (AvgIpc) is 3.62. The van der Waals surface area contributed by atoms with E-state index in [1.807, 2.05) is 17.0 Å². The number of hydrogen-bond donors (Lipinski definition) is 1. The number of esters is 1. The van der Waals surface area contributed by atoms with E-state index >= 15 is 4.39 Å². The maximum atomic E-state index is 16.1. The van der Waals surface area contributed by atoms with Gasteiger partial charge in [0.05, 0.1) is 25.4 Å². The molecule has 0 radical (unpaired) electrons. The Hall–Kier alpha value is -4.08. The molecule has 1 amide bonds. The normalized spacial score (nSPS) is 15.8. The zero-order chi connectivity index (χ0) is 25.9. The number of nitrogens with one attached hydrogen (secondary N) is 1. The number of aryl methyl sites for hydroxylation is 2. The average molecular weight is 505 g/mol. The molecule has 1 N–H and O–H groups in total. The van der Waals surface area contributed by atoms with E-state index in [1.54, 1.807) is 35.5 Å². The number of halogens is 1. The molecule has 0 aliphatic carbocycles. The number of carbonyl (C=O) groups is 2. The topological polar surface area (TPSA) is 106 Å². The molecule has 0 saturated carbocycles. The lowest BCUT2D eigenvalue weighted by atomic mass is 9.86. The monoisotopic (exact) mass is 504 g/mol. The Morgan fingerprint density at radius 3 is 2.86 bits per heavy atom. The van der Waals surface area contributed by atoms with Crippen LogP contribution in [0.4, 0.5) is 4.39 Å². The fourth-order valence-electron chi connectivity index (χ4n) is 5.17. The number of aromatic amines is 1. The number of methoxy groups -OCH3 is 1. The van der Waals surface area contributed by atoms with E-state index in [-0.39, 0.29) is 23.0 Å². The Labute approximate surface area is 213 Å². The molecule has 1 aromatic carbocycles. The third kappa shape index (κ3) is 4.83. The van der Waals surface area contributed by atoms with Crippen molar-refractivity contribution in [1.82, 2.24) is 29.9 Å². The van der Waals surface area contributed by atoms with E-state index in [0.717, 1.165) is 36.0 Å². The van der Waals surface area contributed by atoms with E-state index in [9.17, 15) is 9.59 Å². The van der Waals surface area contributed by atoms with Crippen molar-refractivity contribution in [1.29, 1.82) is 0 Å². The maximum absolute atomic E-state index is 16.1. The maximum Gasteiger partial charge on any atom is 0.354 e. The third-order valence-electron chi connectivity index (χ3n) is 7.11. The van der Waals surface area contributed by atoms with Crippen LogP contribution in [0.15, 0.2) is 43.0 Å². The number of ether oxygens (including phenoxy) is 1. The highest BCUT2D eigenvalue weighted by Gasteiger charge is 2.29. The highest BCUT2D eigenvalue weighted by atomic mass is 19.1. The second kappa shape index (κ2) is 10.5. The summed E-state index contributed by atoms with van der Waals surface area (Å²) in [6, 6.07) is 5.46. The van der Waals surface area contributed by atoms with Crippen LogP contribution in [-0.2, 0) is 22.5 Å². The Kier molecular flexibility index (Phi) is 6.98. The number of H-pyrrole nitrogens is 1. The lowest BCUT2D eigenvalue weighted by Crippen LogP contribution is -2.39. The van der Waals surface area contributed by atoms with Gasteiger partial charge in [-0.3, -0.25) is 14.5 Å². The molecule has 10 heteroatoms. The van der Waals surface area contributed by atoms with Gasteiger partial charge in [-0.1, -0.05) is 12.1 Å². The zero-order valence-corrected chi connectivity index (χ0v) is 20.9.